The van der Waals surface area contributed by atoms with Gasteiger partial charge in [-0.1, -0.05) is 30.3 Å². The molecule has 1 atom stereocenters. The maximum absolute atomic E-state index is 13.1. The van der Waals surface area contributed by atoms with Crippen LogP contribution in [0.4, 0.5) is 0 Å². The number of imidazole rings is 1. The Morgan fingerprint density at radius 1 is 1.21 bits per heavy atom. The average Bonchev–Trinajstić information content (AvgIpc) is 3.24. The van der Waals surface area contributed by atoms with Crippen molar-refractivity contribution in [2.45, 2.75) is 37.6 Å². The Hall–Kier alpha value is -2.67. The molecule has 7 nitrogen and oxygen atoms in total. The topological polar surface area (TPSA) is 78.5 Å². The summed E-state index contributed by atoms with van der Waals surface area (Å²) in [6.45, 7) is 3.89. The Morgan fingerprint density at radius 2 is 1.93 bits per heavy atom. The molecule has 1 N–H and O–H groups in total. The van der Waals surface area contributed by atoms with Gasteiger partial charge in [0, 0.05) is 38.9 Å². The second-order valence-electron chi connectivity index (χ2n) is 7.95. The molecule has 1 spiro atoms. The van der Waals surface area contributed by atoms with Crippen molar-refractivity contribution >= 4 is 11.8 Å². The summed E-state index contributed by atoms with van der Waals surface area (Å²) >= 11 is 0. The fourth-order valence-electron chi connectivity index (χ4n) is 4.80. The van der Waals surface area contributed by atoms with Gasteiger partial charge >= 0.3 is 0 Å². The van der Waals surface area contributed by atoms with E-state index < -0.39 is 5.54 Å². The standard InChI is InChI=1S/C22H28N4O3/c1-16(17-6-4-3-5-7-17)21(28)25-12-9-22(10-13-25)20-18(23-15-24-20)8-11-26(22)19(27)14-29-2/h3-7,15-16H,8-14H2,1-2H3,(H,23,24)/t16-/m0/s1. The number of hydrogen-bond acceptors (Lipinski definition) is 4. The number of nitrogens with zero attached hydrogens (tertiary/aromatic N) is 3. The number of likely N-dealkylation sites (tertiary alicyclic amines) is 1. The number of benzene rings is 1. The highest BCUT2D eigenvalue weighted by Gasteiger charge is 2.49. The molecule has 0 radical (unpaired) electrons. The van der Waals surface area contributed by atoms with Crippen LogP contribution in [0, 0.1) is 0 Å². The second kappa shape index (κ2) is 7.99. The van der Waals surface area contributed by atoms with Crippen LogP contribution >= 0.6 is 0 Å². The van der Waals surface area contributed by atoms with E-state index in [4.69, 9.17) is 4.74 Å². The lowest BCUT2D eigenvalue weighted by molar-refractivity contribution is -0.148. The Morgan fingerprint density at radius 3 is 2.62 bits per heavy atom. The Balaban J connectivity index is 1.54. The normalized spacial score (nSPS) is 19.1. The largest absolute Gasteiger partial charge is 0.375 e. The fourth-order valence-corrected chi connectivity index (χ4v) is 4.80. The monoisotopic (exact) mass is 396 g/mol. The lowest BCUT2D eigenvalue weighted by atomic mass is 9.78. The molecule has 0 aliphatic carbocycles. The average molecular weight is 396 g/mol. The Kier molecular flexibility index (Phi) is 5.41. The highest BCUT2D eigenvalue weighted by atomic mass is 16.5. The van der Waals surface area contributed by atoms with E-state index in [0.717, 1.165) is 23.4 Å². The minimum absolute atomic E-state index is 0.0152. The summed E-state index contributed by atoms with van der Waals surface area (Å²) in [5.41, 5.74) is 2.62. The summed E-state index contributed by atoms with van der Waals surface area (Å²) in [7, 11) is 1.54. The number of amides is 2. The smallest absolute Gasteiger partial charge is 0.249 e. The van der Waals surface area contributed by atoms with Gasteiger partial charge in [-0.05, 0) is 25.3 Å². The van der Waals surface area contributed by atoms with E-state index in [9.17, 15) is 9.59 Å². The summed E-state index contributed by atoms with van der Waals surface area (Å²) < 4.78 is 5.12. The van der Waals surface area contributed by atoms with Crippen molar-refractivity contribution in [2.75, 3.05) is 33.4 Å². The van der Waals surface area contributed by atoms with Crippen molar-refractivity contribution in [3.8, 4) is 0 Å². The van der Waals surface area contributed by atoms with E-state index in [2.05, 4.69) is 9.97 Å². The molecule has 4 rings (SSSR count). The molecule has 2 aliphatic heterocycles. The van der Waals surface area contributed by atoms with Gasteiger partial charge in [0.2, 0.25) is 11.8 Å². The first-order valence-corrected chi connectivity index (χ1v) is 10.2. The number of H-pyrrole nitrogens is 1. The number of carbonyl (C=O) groups excluding carboxylic acids is 2. The lowest BCUT2D eigenvalue weighted by Gasteiger charge is -2.50. The van der Waals surface area contributed by atoms with Gasteiger partial charge in [-0.3, -0.25) is 9.59 Å². The number of aromatic nitrogens is 2. The molecule has 154 valence electrons. The molecule has 2 aliphatic rings. The molecule has 1 fully saturated rings. The van der Waals surface area contributed by atoms with E-state index in [0.29, 0.717) is 32.5 Å². The van der Waals surface area contributed by atoms with Crippen LogP contribution in [0.3, 0.4) is 0 Å². The first-order chi connectivity index (χ1) is 14.1. The van der Waals surface area contributed by atoms with Gasteiger partial charge in [-0.2, -0.15) is 0 Å². The lowest BCUT2D eigenvalue weighted by Crippen LogP contribution is -2.59. The predicted molar refractivity (Wildman–Crippen MR) is 108 cm³/mol. The van der Waals surface area contributed by atoms with Crippen LogP contribution in [-0.2, 0) is 26.3 Å². The third-order valence-electron chi connectivity index (χ3n) is 6.40. The zero-order valence-electron chi connectivity index (χ0n) is 17.1. The van der Waals surface area contributed by atoms with E-state index in [1.807, 2.05) is 47.1 Å². The second-order valence-corrected chi connectivity index (χ2v) is 7.95. The molecule has 3 heterocycles. The van der Waals surface area contributed by atoms with E-state index in [1.54, 1.807) is 13.4 Å². The molecule has 7 heteroatoms. The minimum atomic E-state index is -0.462. The van der Waals surface area contributed by atoms with Crippen LogP contribution in [0.1, 0.15) is 42.6 Å². The van der Waals surface area contributed by atoms with Gasteiger partial charge in [-0.15, -0.1) is 0 Å². The predicted octanol–water partition coefficient (Wildman–Crippen LogP) is 2.06. The van der Waals surface area contributed by atoms with Crippen molar-refractivity contribution in [3.63, 3.8) is 0 Å². The summed E-state index contributed by atoms with van der Waals surface area (Å²) in [5.74, 6) is -0.0544. The molecule has 2 aromatic rings. The number of aromatic amines is 1. The molecule has 0 unspecified atom stereocenters. The number of methoxy groups -OCH3 is 1. The van der Waals surface area contributed by atoms with E-state index in [1.165, 1.54) is 0 Å². The fraction of sp³-hybridized carbons (Fsp3) is 0.500. The Bertz CT molecular complexity index is 871. The SMILES string of the molecule is COCC(=O)N1CCc2[nH]cnc2C12CCN(C(=O)[C@@H](C)c1ccccc1)CC2. The van der Waals surface area contributed by atoms with Gasteiger partial charge < -0.3 is 19.5 Å². The van der Waals surface area contributed by atoms with Crippen molar-refractivity contribution in [2.24, 2.45) is 0 Å². The third kappa shape index (κ3) is 3.44. The van der Waals surface area contributed by atoms with Crippen molar-refractivity contribution in [1.29, 1.82) is 0 Å². The summed E-state index contributed by atoms with van der Waals surface area (Å²) in [5, 5.41) is 0. The Labute approximate surface area is 171 Å². The maximum Gasteiger partial charge on any atom is 0.249 e. The van der Waals surface area contributed by atoms with Gasteiger partial charge in [-0.25, -0.2) is 4.98 Å². The number of hydrogen-bond donors (Lipinski definition) is 1. The first-order valence-electron chi connectivity index (χ1n) is 10.2. The van der Waals surface area contributed by atoms with Gasteiger partial charge in [0.1, 0.15) is 6.61 Å². The van der Waals surface area contributed by atoms with Crippen LogP contribution < -0.4 is 0 Å². The molecular weight excluding hydrogens is 368 g/mol. The van der Waals surface area contributed by atoms with Crippen molar-refractivity contribution in [1.82, 2.24) is 19.8 Å². The number of fused-ring (bicyclic) bond motifs is 2. The van der Waals surface area contributed by atoms with Crippen molar-refractivity contribution < 1.29 is 14.3 Å². The molecular formula is C22H28N4O3. The van der Waals surface area contributed by atoms with E-state index >= 15 is 0 Å². The van der Waals surface area contributed by atoms with Gasteiger partial charge in [0.25, 0.3) is 0 Å². The molecule has 0 saturated carbocycles. The number of ether oxygens (including phenoxy) is 1. The molecule has 1 saturated heterocycles. The minimum Gasteiger partial charge on any atom is -0.375 e. The maximum atomic E-state index is 13.1. The summed E-state index contributed by atoms with van der Waals surface area (Å²) in [6, 6.07) is 9.88. The third-order valence-corrected chi connectivity index (χ3v) is 6.40. The molecule has 1 aromatic carbocycles. The number of piperidine rings is 1. The summed E-state index contributed by atoms with van der Waals surface area (Å²) in [4.78, 5) is 37.6. The van der Waals surface area contributed by atoms with Crippen LogP contribution in [0.15, 0.2) is 36.7 Å². The zero-order chi connectivity index (χ0) is 20.4. The quantitative estimate of drug-likeness (QED) is 0.858. The molecule has 29 heavy (non-hydrogen) atoms. The van der Waals surface area contributed by atoms with Crippen LogP contribution in [0.25, 0.3) is 0 Å². The van der Waals surface area contributed by atoms with Gasteiger partial charge in [0.15, 0.2) is 0 Å². The van der Waals surface area contributed by atoms with Crippen LogP contribution in [0.5, 0.6) is 0 Å². The molecule has 0 bridgehead atoms. The number of nitrogens with one attached hydrogen (secondary N) is 1. The van der Waals surface area contributed by atoms with E-state index in [-0.39, 0.29) is 24.3 Å². The zero-order valence-corrected chi connectivity index (χ0v) is 17.1. The van der Waals surface area contributed by atoms with Gasteiger partial charge in [0.05, 0.1) is 23.5 Å². The first kappa shape index (κ1) is 19.6. The van der Waals surface area contributed by atoms with Crippen LogP contribution in [-0.4, -0.2) is 64.9 Å². The van der Waals surface area contributed by atoms with Crippen LogP contribution in [0.2, 0.25) is 0 Å². The summed E-state index contributed by atoms with van der Waals surface area (Å²) in [6.07, 6.45) is 3.85. The number of rotatable bonds is 4. The van der Waals surface area contributed by atoms with Crippen molar-refractivity contribution in [3.05, 3.63) is 53.6 Å². The molecule has 1 aromatic heterocycles. The molecule has 2 amide bonds. The highest BCUT2D eigenvalue weighted by Crippen LogP contribution is 2.42. The highest BCUT2D eigenvalue weighted by molar-refractivity contribution is 5.83. The number of carbonyl (C=O) groups is 2.